The van der Waals surface area contributed by atoms with E-state index in [1.165, 1.54) is 0 Å². The van der Waals surface area contributed by atoms with Crippen LogP contribution in [0.4, 0.5) is 0 Å². The molecule has 0 aliphatic rings. The first kappa shape index (κ1) is 13.3. The third-order valence-corrected chi connectivity index (χ3v) is 2.90. The van der Waals surface area contributed by atoms with Crippen molar-refractivity contribution in [3.8, 4) is 5.75 Å². The summed E-state index contributed by atoms with van der Waals surface area (Å²) in [4.78, 5) is 0. The lowest BCUT2D eigenvalue weighted by Gasteiger charge is -2.19. The topological polar surface area (TPSA) is 35.2 Å². The van der Waals surface area contributed by atoms with E-state index in [1.54, 1.807) is 0 Å². The van der Waals surface area contributed by atoms with Crippen LogP contribution in [0.2, 0.25) is 5.02 Å². The molecule has 0 heterocycles. The van der Waals surface area contributed by atoms with Gasteiger partial charge >= 0.3 is 0 Å². The normalized spacial score (nSPS) is 12.9. The van der Waals surface area contributed by atoms with Crippen LogP contribution in [0.15, 0.2) is 12.1 Å². The molecule has 3 heteroatoms. The number of nitrogens with two attached hydrogens (primary N) is 1. The first-order chi connectivity index (χ1) is 7.45. The van der Waals surface area contributed by atoms with Crippen molar-refractivity contribution in [2.75, 3.05) is 0 Å². The van der Waals surface area contributed by atoms with Crippen LogP contribution < -0.4 is 10.5 Å². The zero-order valence-corrected chi connectivity index (χ0v) is 11.1. The highest BCUT2D eigenvalue weighted by atomic mass is 35.5. The van der Waals surface area contributed by atoms with Crippen LogP contribution in [0, 0.1) is 6.92 Å². The smallest absolute Gasteiger partial charge is 0.124 e. The molecule has 1 aromatic carbocycles. The minimum absolute atomic E-state index is 0.0214. The van der Waals surface area contributed by atoms with Crippen molar-refractivity contribution in [1.82, 2.24) is 0 Å². The number of hydrogen-bond acceptors (Lipinski definition) is 2. The molecule has 90 valence electrons. The maximum atomic E-state index is 6.11. The van der Waals surface area contributed by atoms with Gasteiger partial charge in [-0.15, -0.1) is 0 Å². The standard InChI is InChI=1S/C13H20ClNO/c1-5-12(15)10-7-11(14)9(4)6-13(10)16-8(2)3/h6-8,12H,5,15H2,1-4H3. The maximum Gasteiger partial charge on any atom is 0.124 e. The lowest BCUT2D eigenvalue weighted by molar-refractivity contribution is 0.238. The van der Waals surface area contributed by atoms with Crippen molar-refractivity contribution in [3.63, 3.8) is 0 Å². The number of ether oxygens (including phenoxy) is 1. The molecular formula is C13H20ClNO. The van der Waals surface area contributed by atoms with E-state index in [0.717, 1.165) is 28.3 Å². The summed E-state index contributed by atoms with van der Waals surface area (Å²) < 4.78 is 5.77. The molecule has 1 aromatic rings. The molecule has 1 atom stereocenters. The van der Waals surface area contributed by atoms with E-state index in [0.29, 0.717) is 0 Å². The van der Waals surface area contributed by atoms with E-state index in [9.17, 15) is 0 Å². The summed E-state index contributed by atoms with van der Waals surface area (Å²) >= 11 is 6.11. The third-order valence-electron chi connectivity index (χ3n) is 2.49. The third kappa shape index (κ3) is 3.13. The number of halogens is 1. The predicted molar refractivity (Wildman–Crippen MR) is 69.2 cm³/mol. The van der Waals surface area contributed by atoms with Gasteiger partial charge in [0.1, 0.15) is 5.75 Å². The highest BCUT2D eigenvalue weighted by molar-refractivity contribution is 6.31. The van der Waals surface area contributed by atoms with Gasteiger partial charge in [-0.05, 0) is 44.9 Å². The van der Waals surface area contributed by atoms with E-state index < -0.39 is 0 Å². The summed E-state index contributed by atoms with van der Waals surface area (Å²) in [6.45, 7) is 8.03. The summed E-state index contributed by atoms with van der Waals surface area (Å²) in [5.74, 6) is 0.853. The fraction of sp³-hybridized carbons (Fsp3) is 0.538. The Kier molecular flexibility index (Phi) is 4.63. The second-order valence-electron chi connectivity index (χ2n) is 4.32. The second-order valence-corrected chi connectivity index (χ2v) is 4.73. The molecule has 0 spiro atoms. The minimum atomic E-state index is -0.0214. The number of benzene rings is 1. The van der Waals surface area contributed by atoms with Crippen molar-refractivity contribution in [1.29, 1.82) is 0 Å². The van der Waals surface area contributed by atoms with E-state index in [-0.39, 0.29) is 12.1 Å². The van der Waals surface area contributed by atoms with Crippen molar-refractivity contribution in [2.24, 2.45) is 5.73 Å². The Bertz CT molecular complexity index is 363. The second kappa shape index (κ2) is 5.55. The molecule has 16 heavy (non-hydrogen) atoms. The molecule has 0 radical (unpaired) electrons. The van der Waals surface area contributed by atoms with Crippen LogP contribution in [0.1, 0.15) is 44.4 Å². The quantitative estimate of drug-likeness (QED) is 0.869. The fourth-order valence-corrected chi connectivity index (χ4v) is 1.71. The predicted octanol–water partition coefficient (Wildman–Crippen LogP) is 3.85. The maximum absolute atomic E-state index is 6.11. The summed E-state index contributed by atoms with van der Waals surface area (Å²) in [5.41, 5.74) is 8.06. The molecule has 0 aromatic heterocycles. The zero-order valence-electron chi connectivity index (χ0n) is 10.4. The molecule has 0 aliphatic heterocycles. The Morgan fingerprint density at radius 1 is 1.38 bits per heavy atom. The molecule has 0 fully saturated rings. The van der Waals surface area contributed by atoms with Gasteiger partial charge in [0.05, 0.1) is 6.10 Å². The first-order valence-corrected chi connectivity index (χ1v) is 6.05. The van der Waals surface area contributed by atoms with Crippen molar-refractivity contribution < 1.29 is 4.74 Å². The molecule has 2 N–H and O–H groups in total. The van der Waals surface area contributed by atoms with Gasteiger partial charge in [0.15, 0.2) is 0 Å². The lowest BCUT2D eigenvalue weighted by atomic mass is 10.0. The van der Waals surface area contributed by atoms with Gasteiger partial charge in [-0.2, -0.15) is 0 Å². The number of rotatable bonds is 4. The zero-order chi connectivity index (χ0) is 12.3. The van der Waals surface area contributed by atoms with Crippen LogP contribution >= 0.6 is 11.6 Å². The van der Waals surface area contributed by atoms with Crippen LogP contribution in [-0.4, -0.2) is 6.10 Å². The lowest BCUT2D eigenvalue weighted by Crippen LogP contribution is -2.14. The number of aryl methyl sites for hydroxylation is 1. The molecular weight excluding hydrogens is 222 g/mol. The average Bonchev–Trinajstić information content (AvgIpc) is 2.21. The van der Waals surface area contributed by atoms with E-state index >= 15 is 0 Å². The molecule has 0 amide bonds. The Morgan fingerprint density at radius 3 is 2.50 bits per heavy atom. The molecule has 0 saturated carbocycles. The highest BCUT2D eigenvalue weighted by Crippen LogP contribution is 2.32. The Morgan fingerprint density at radius 2 is 2.00 bits per heavy atom. The molecule has 0 bridgehead atoms. The average molecular weight is 242 g/mol. The first-order valence-electron chi connectivity index (χ1n) is 5.68. The Balaban J connectivity index is 3.16. The molecule has 0 saturated heterocycles. The monoisotopic (exact) mass is 241 g/mol. The van der Waals surface area contributed by atoms with Crippen LogP contribution in [0.5, 0.6) is 5.75 Å². The summed E-state index contributed by atoms with van der Waals surface area (Å²) in [7, 11) is 0. The van der Waals surface area contributed by atoms with Crippen LogP contribution in [0.3, 0.4) is 0 Å². The largest absolute Gasteiger partial charge is 0.491 e. The van der Waals surface area contributed by atoms with Crippen molar-refractivity contribution in [3.05, 3.63) is 28.3 Å². The van der Waals surface area contributed by atoms with E-state index in [1.807, 2.05) is 32.9 Å². The minimum Gasteiger partial charge on any atom is -0.491 e. The molecule has 0 aliphatic carbocycles. The molecule has 1 unspecified atom stereocenters. The fourth-order valence-electron chi connectivity index (χ4n) is 1.54. The van der Waals surface area contributed by atoms with Gasteiger partial charge in [0, 0.05) is 16.6 Å². The summed E-state index contributed by atoms with van der Waals surface area (Å²) in [6.07, 6.45) is 1.01. The number of hydrogen-bond donors (Lipinski definition) is 1. The summed E-state index contributed by atoms with van der Waals surface area (Å²) in [5, 5.41) is 0.745. The van der Waals surface area contributed by atoms with Gasteiger partial charge in [-0.3, -0.25) is 0 Å². The Labute approximate surface area is 103 Å². The Hall–Kier alpha value is -0.730. The van der Waals surface area contributed by atoms with Gasteiger partial charge in [0.25, 0.3) is 0 Å². The van der Waals surface area contributed by atoms with Gasteiger partial charge in [-0.1, -0.05) is 18.5 Å². The van der Waals surface area contributed by atoms with E-state index in [2.05, 4.69) is 6.92 Å². The van der Waals surface area contributed by atoms with Crippen molar-refractivity contribution in [2.45, 2.75) is 46.3 Å². The highest BCUT2D eigenvalue weighted by Gasteiger charge is 2.14. The molecule has 2 nitrogen and oxygen atoms in total. The van der Waals surface area contributed by atoms with Gasteiger partial charge in [-0.25, -0.2) is 0 Å². The molecule has 1 rings (SSSR count). The van der Waals surface area contributed by atoms with E-state index in [4.69, 9.17) is 22.1 Å². The van der Waals surface area contributed by atoms with Crippen LogP contribution in [0.25, 0.3) is 0 Å². The van der Waals surface area contributed by atoms with Crippen LogP contribution in [-0.2, 0) is 0 Å². The SMILES string of the molecule is CCC(N)c1cc(Cl)c(C)cc1OC(C)C. The van der Waals surface area contributed by atoms with Crippen molar-refractivity contribution >= 4 is 11.6 Å². The summed E-state index contributed by atoms with van der Waals surface area (Å²) in [6, 6.07) is 3.86. The van der Waals surface area contributed by atoms with Gasteiger partial charge in [0.2, 0.25) is 0 Å². The van der Waals surface area contributed by atoms with Gasteiger partial charge < -0.3 is 10.5 Å².